The van der Waals surface area contributed by atoms with Gasteiger partial charge in [0.1, 0.15) is 0 Å². The van der Waals surface area contributed by atoms with Gasteiger partial charge in [0.25, 0.3) is 11.6 Å². The van der Waals surface area contributed by atoms with Gasteiger partial charge in [0.2, 0.25) is 0 Å². The monoisotopic (exact) mass is 401 g/mol. The normalized spacial score (nSPS) is 17.6. The van der Waals surface area contributed by atoms with Gasteiger partial charge in [0.15, 0.2) is 11.7 Å². The SMILES string of the molecule is C=CCN(C(=O)COC(=O)[C@H]1C[C@H]1C)c1nc(-c2ccc([N+](=O)[O-])cc2)cs1. The lowest BCUT2D eigenvalue weighted by molar-refractivity contribution is -0.384. The Morgan fingerprint density at radius 3 is 2.68 bits per heavy atom. The molecule has 0 aliphatic heterocycles. The van der Waals surface area contributed by atoms with E-state index >= 15 is 0 Å². The molecule has 1 aliphatic carbocycles. The van der Waals surface area contributed by atoms with Gasteiger partial charge in [0.05, 0.1) is 16.5 Å². The van der Waals surface area contributed by atoms with Crippen LogP contribution in [0.3, 0.4) is 0 Å². The van der Waals surface area contributed by atoms with Crippen molar-refractivity contribution in [1.29, 1.82) is 0 Å². The Bertz CT molecular complexity index is 909. The average Bonchev–Trinajstić information content (AvgIpc) is 3.23. The summed E-state index contributed by atoms with van der Waals surface area (Å²) in [4.78, 5) is 40.5. The van der Waals surface area contributed by atoms with E-state index in [0.29, 0.717) is 22.3 Å². The predicted octanol–water partition coefficient (Wildman–Crippen LogP) is 3.44. The third-order valence-electron chi connectivity index (χ3n) is 4.46. The number of thiazole rings is 1. The number of nitrogens with zero attached hydrogens (tertiary/aromatic N) is 3. The lowest BCUT2D eigenvalue weighted by atomic mass is 10.1. The van der Waals surface area contributed by atoms with Crippen molar-refractivity contribution in [2.24, 2.45) is 11.8 Å². The zero-order valence-corrected chi connectivity index (χ0v) is 16.1. The number of anilines is 1. The summed E-state index contributed by atoms with van der Waals surface area (Å²) in [5.41, 5.74) is 1.29. The third-order valence-corrected chi connectivity index (χ3v) is 5.32. The minimum atomic E-state index is -0.468. The maximum atomic E-state index is 12.5. The molecule has 1 saturated carbocycles. The summed E-state index contributed by atoms with van der Waals surface area (Å²) in [7, 11) is 0. The molecule has 0 bridgehead atoms. The van der Waals surface area contributed by atoms with Crippen LogP contribution < -0.4 is 4.90 Å². The molecule has 0 spiro atoms. The number of carbonyl (C=O) groups excluding carboxylic acids is 2. The van der Waals surface area contributed by atoms with Crippen LogP contribution in [0.25, 0.3) is 11.3 Å². The number of nitro groups is 1. The first kappa shape index (κ1) is 19.7. The Labute approximate surface area is 165 Å². The second-order valence-corrected chi connectivity index (χ2v) is 7.38. The van der Waals surface area contributed by atoms with Gasteiger partial charge in [-0.3, -0.25) is 24.6 Å². The van der Waals surface area contributed by atoms with E-state index in [1.165, 1.54) is 28.4 Å². The Balaban J connectivity index is 1.69. The number of carbonyl (C=O) groups is 2. The molecule has 28 heavy (non-hydrogen) atoms. The summed E-state index contributed by atoms with van der Waals surface area (Å²) in [5, 5.41) is 13.0. The van der Waals surface area contributed by atoms with Crippen molar-refractivity contribution in [2.45, 2.75) is 13.3 Å². The van der Waals surface area contributed by atoms with Crippen LogP contribution in [-0.2, 0) is 14.3 Å². The highest BCUT2D eigenvalue weighted by Gasteiger charge is 2.40. The molecule has 0 N–H and O–H groups in total. The number of hydrogen-bond donors (Lipinski definition) is 0. The smallest absolute Gasteiger partial charge is 0.309 e. The van der Waals surface area contributed by atoms with Crippen molar-refractivity contribution in [3.8, 4) is 11.3 Å². The van der Waals surface area contributed by atoms with Gasteiger partial charge in [-0.1, -0.05) is 13.0 Å². The van der Waals surface area contributed by atoms with Gasteiger partial charge < -0.3 is 4.74 Å². The van der Waals surface area contributed by atoms with Gasteiger partial charge in [-0.2, -0.15) is 0 Å². The van der Waals surface area contributed by atoms with E-state index in [-0.39, 0.29) is 36.6 Å². The van der Waals surface area contributed by atoms with Crippen LogP contribution in [0, 0.1) is 22.0 Å². The highest BCUT2D eigenvalue weighted by Crippen LogP contribution is 2.38. The van der Waals surface area contributed by atoms with Gasteiger partial charge in [-0.25, -0.2) is 4.98 Å². The molecule has 0 saturated heterocycles. The molecule has 2 aromatic rings. The summed E-state index contributed by atoms with van der Waals surface area (Å²) in [6.07, 6.45) is 2.37. The van der Waals surface area contributed by atoms with Crippen molar-refractivity contribution in [2.75, 3.05) is 18.1 Å². The second-order valence-electron chi connectivity index (χ2n) is 6.54. The van der Waals surface area contributed by atoms with Gasteiger partial charge in [-0.15, -0.1) is 17.9 Å². The van der Waals surface area contributed by atoms with Crippen molar-refractivity contribution < 1.29 is 19.2 Å². The van der Waals surface area contributed by atoms with Crippen LogP contribution in [0.15, 0.2) is 42.3 Å². The number of hydrogen-bond acceptors (Lipinski definition) is 7. The molecule has 3 rings (SSSR count). The van der Waals surface area contributed by atoms with Crippen LogP contribution in [0.1, 0.15) is 13.3 Å². The number of non-ortho nitro benzene ring substituents is 1. The standard InChI is InChI=1S/C19H19N3O5S/c1-3-8-21(17(23)10-27-18(24)15-9-12(15)2)19-20-16(11-28-19)13-4-6-14(7-5-13)22(25)26/h3-7,11-12,15H,1,8-10H2,2H3/t12-,15+/m1/s1. The fraction of sp³-hybridized carbons (Fsp3) is 0.316. The molecule has 1 aliphatic rings. The van der Waals surface area contributed by atoms with Crippen molar-refractivity contribution >= 4 is 34.0 Å². The average molecular weight is 401 g/mol. The first-order valence-corrected chi connectivity index (χ1v) is 9.57. The molecular weight excluding hydrogens is 382 g/mol. The topological polar surface area (TPSA) is 103 Å². The summed E-state index contributed by atoms with van der Waals surface area (Å²) in [6.45, 7) is 5.50. The zero-order chi connectivity index (χ0) is 20.3. The van der Waals surface area contributed by atoms with Crippen LogP contribution in [0.4, 0.5) is 10.8 Å². The lowest BCUT2D eigenvalue weighted by Gasteiger charge is -2.17. The van der Waals surface area contributed by atoms with Crippen molar-refractivity contribution in [3.63, 3.8) is 0 Å². The molecule has 2 atom stereocenters. The van der Waals surface area contributed by atoms with Gasteiger partial charge >= 0.3 is 5.97 Å². The lowest BCUT2D eigenvalue weighted by Crippen LogP contribution is -2.35. The first-order valence-electron chi connectivity index (χ1n) is 8.69. The number of benzene rings is 1. The minimum Gasteiger partial charge on any atom is -0.455 e. The van der Waals surface area contributed by atoms with Gasteiger partial charge in [-0.05, 0) is 24.5 Å². The molecule has 8 nitrogen and oxygen atoms in total. The second kappa shape index (κ2) is 8.30. The van der Waals surface area contributed by atoms with E-state index < -0.39 is 4.92 Å². The quantitative estimate of drug-likeness (QED) is 0.291. The third kappa shape index (κ3) is 4.42. The number of ether oxygens (including phenoxy) is 1. The fourth-order valence-electron chi connectivity index (χ4n) is 2.66. The highest BCUT2D eigenvalue weighted by molar-refractivity contribution is 7.14. The molecule has 1 amide bonds. The molecule has 1 aromatic heterocycles. The minimum absolute atomic E-state index is 0.00513. The maximum Gasteiger partial charge on any atom is 0.309 e. The fourth-order valence-corrected chi connectivity index (χ4v) is 3.52. The Hall–Kier alpha value is -3.07. The van der Waals surface area contributed by atoms with E-state index in [0.717, 1.165) is 6.42 Å². The van der Waals surface area contributed by atoms with E-state index in [2.05, 4.69) is 11.6 Å². The molecule has 9 heteroatoms. The number of aromatic nitrogens is 1. The Morgan fingerprint density at radius 1 is 1.43 bits per heavy atom. The van der Waals surface area contributed by atoms with Crippen LogP contribution >= 0.6 is 11.3 Å². The molecule has 0 radical (unpaired) electrons. The largest absolute Gasteiger partial charge is 0.455 e. The van der Waals surface area contributed by atoms with Gasteiger partial charge in [0, 0.05) is 29.6 Å². The number of nitro benzene ring substituents is 1. The molecule has 1 fully saturated rings. The predicted molar refractivity (Wildman–Crippen MR) is 105 cm³/mol. The summed E-state index contributed by atoms with van der Waals surface area (Å²) in [6, 6.07) is 6.02. The van der Waals surface area contributed by atoms with E-state index in [1.54, 1.807) is 23.6 Å². The zero-order valence-electron chi connectivity index (χ0n) is 15.2. The van der Waals surface area contributed by atoms with E-state index in [9.17, 15) is 19.7 Å². The summed E-state index contributed by atoms with van der Waals surface area (Å²) < 4.78 is 5.12. The van der Waals surface area contributed by atoms with Crippen molar-refractivity contribution in [1.82, 2.24) is 4.98 Å². The number of esters is 1. The van der Waals surface area contributed by atoms with E-state index in [1.807, 2.05) is 6.92 Å². The van der Waals surface area contributed by atoms with Crippen LogP contribution in [0.5, 0.6) is 0 Å². The molecule has 1 aromatic carbocycles. The van der Waals surface area contributed by atoms with Crippen LogP contribution in [-0.4, -0.2) is 34.9 Å². The molecule has 0 unspecified atom stereocenters. The van der Waals surface area contributed by atoms with Crippen molar-refractivity contribution in [3.05, 3.63) is 52.4 Å². The maximum absolute atomic E-state index is 12.5. The molecular formula is C19H19N3O5S. The van der Waals surface area contributed by atoms with E-state index in [4.69, 9.17) is 4.74 Å². The summed E-state index contributed by atoms with van der Waals surface area (Å²) in [5.74, 6) is -0.513. The summed E-state index contributed by atoms with van der Waals surface area (Å²) >= 11 is 1.26. The highest BCUT2D eigenvalue weighted by atomic mass is 32.1. The number of rotatable bonds is 8. The molecule has 146 valence electrons. The number of amides is 1. The first-order chi connectivity index (χ1) is 13.4. The Kier molecular flexibility index (Phi) is 5.84. The molecule has 1 heterocycles. The Morgan fingerprint density at radius 2 is 2.11 bits per heavy atom. The van der Waals surface area contributed by atoms with Crippen LogP contribution in [0.2, 0.25) is 0 Å².